The van der Waals surface area contributed by atoms with Crippen molar-refractivity contribution >= 4 is 17.9 Å². The molecule has 0 radical (unpaired) electrons. The minimum absolute atomic E-state index is 0.120. The number of carbonyl (C=O) groups excluding carboxylic acids is 3. The molecule has 0 aliphatic rings. The monoisotopic (exact) mass is 1130 g/mol. The van der Waals surface area contributed by atoms with E-state index in [9.17, 15) is 14.4 Å². The molecule has 0 bridgehead atoms. The van der Waals surface area contributed by atoms with Crippen LogP contribution in [0, 0.1) is 0 Å². The minimum atomic E-state index is -0.832. The van der Waals surface area contributed by atoms with E-state index in [4.69, 9.17) is 14.2 Å². The Morgan fingerprint density at radius 1 is 0.256 bits per heavy atom. The number of ether oxygens (including phenoxy) is 3. The minimum Gasteiger partial charge on any atom is -0.462 e. The summed E-state index contributed by atoms with van der Waals surface area (Å²) in [4.78, 5) is 38.4. The Morgan fingerprint density at radius 3 is 0.793 bits per heavy atom. The quantitative estimate of drug-likeness (QED) is 0.0261. The summed E-state index contributed by atoms with van der Waals surface area (Å²) in [7, 11) is 0. The van der Waals surface area contributed by atoms with E-state index in [-0.39, 0.29) is 44.0 Å². The van der Waals surface area contributed by atoms with E-state index >= 15 is 0 Å². The molecule has 1 atom stereocenters. The molecule has 0 aromatic heterocycles. The molecule has 0 amide bonds. The predicted molar refractivity (Wildman–Crippen MR) is 357 cm³/mol. The lowest BCUT2D eigenvalue weighted by atomic mass is 10.1. The largest absolute Gasteiger partial charge is 0.462 e. The number of hydrogen-bond donors (Lipinski definition) is 0. The SMILES string of the molecule is CC/C=C\C/C=C\C/C=C\C/C=C\C/C=C\C/C=C\C/C=C\CCCC(=O)OCC(COC(=O)CCCCCCCCC/C=C\C/C=C\CCCCCC)OC(=O)CCCCCC/C=C\C/C=C\C/C=C\C/C=C\C/C=C\C/C=C\CC. The first kappa shape index (κ1) is 76.5. The molecule has 0 rings (SSSR count). The van der Waals surface area contributed by atoms with Gasteiger partial charge in [-0.25, -0.2) is 0 Å². The highest BCUT2D eigenvalue weighted by Gasteiger charge is 2.19. The van der Waals surface area contributed by atoms with Crippen LogP contribution in [0.25, 0.3) is 0 Å². The summed E-state index contributed by atoms with van der Waals surface area (Å²) < 4.78 is 16.9. The molecule has 0 saturated heterocycles. The lowest BCUT2D eigenvalue weighted by Gasteiger charge is -2.18. The average molecular weight is 1130 g/mol. The number of hydrogen-bond acceptors (Lipinski definition) is 6. The zero-order valence-corrected chi connectivity index (χ0v) is 52.4. The molecular formula is C76H118O6. The highest BCUT2D eigenvalue weighted by molar-refractivity contribution is 5.71. The molecule has 0 aliphatic heterocycles. The molecule has 0 spiro atoms. The van der Waals surface area contributed by atoms with Crippen molar-refractivity contribution in [1.82, 2.24) is 0 Å². The Hall–Kier alpha value is -5.49. The van der Waals surface area contributed by atoms with E-state index in [0.717, 1.165) is 154 Å². The smallest absolute Gasteiger partial charge is 0.306 e. The van der Waals surface area contributed by atoms with Crippen LogP contribution in [0.5, 0.6) is 0 Å². The first-order valence-electron chi connectivity index (χ1n) is 32.8. The van der Waals surface area contributed by atoms with Crippen molar-refractivity contribution in [2.24, 2.45) is 0 Å². The van der Waals surface area contributed by atoms with Crippen LogP contribution >= 0.6 is 0 Å². The summed E-state index contributed by atoms with van der Waals surface area (Å²) in [5.41, 5.74) is 0. The Labute approximate surface area is 504 Å². The van der Waals surface area contributed by atoms with Gasteiger partial charge in [0.2, 0.25) is 0 Å². The Morgan fingerprint density at radius 2 is 0.488 bits per heavy atom. The number of rotatable bonds is 57. The van der Waals surface area contributed by atoms with Crippen molar-refractivity contribution < 1.29 is 28.6 Å². The van der Waals surface area contributed by atoms with Crippen molar-refractivity contribution in [3.05, 3.63) is 182 Å². The maximum Gasteiger partial charge on any atom is 0.306 e. The molecule has 82 heavy (non-hydrogen) atoms. The van der Waals surface area contributed by atoms with Crippen LogP contribution in [0.4, 0.5) is 0 Å². The second-order valence-electron chi connectivity index (χ2n) is 20.9. The Kier molecular flexibility index (Phi) is 63.5. The Balaban J connectivity index is 4.60. The van der Waals surface area contributed by atoms with Gasteiger partial charge in [0, 0.05) is 19.3 Å². The molecule has 458 valence electrons. The van der Waals surface area contributed by atoms with Gasteiger partial charge in [0.1, 0.15) is 13.2 Å². The third-order valence-electron chi connectivity index (χ3n) is 13.1. The summed E-state index contributed by atoms with van der Waals surface area (Å²) in [5.74, 6) is -1.02. The van der Waals surface area contributed by atoms with Crippen LogP contribution in [0.15, 0.2) is 182 Å². The summed E-state index contributed by atoms with van der Waals surface area (Å²) in [6.45, 7) is 6.31. The number of unbranched alkanes of at least 4 members (excludes halogenated alkanes) is 16. The standard InChI is InChI=1S/C76H118O6/c1-4-7-10-13-16-19-22-25-28-31-34-36-38-40-42-45-48-51-54-57-60-63-66-69-75(78)81-72-73(71-80-74(77)68-65-62-59-56-53-50-47-44-33-30-27-24-21-18-15-12-9-6-3)82-76(79)70-67-64-61-58-55-52-49-46-43-41-39-37-35-32-29-26-23-20-17-14-11-8-5-2/h7-8,10-11,16-17,19-21,24-26,28-30,33-37,40-43,48-49,51-52,57,60,73H,4-6,9,12-15,18,22-23,27,31-32,38-39,44-47,50,53-56,58-59,61-72H2,1-3H3/b10-7-,11-8-,19-16-,20-17-,24-21-,28-25-,29-26-,33-30-,36-34-,37-35-,42-40-,43-41-,51-48-,52-49-,60-57-. The second kappa shape index (κ2) is 68.0. The van der Waals surface area contributed by atoms with Crippen molar-refractivity contribution in [3.63, 3.8) is 0 Å². The van der Waals surface area contributed by atoms with Gasteiger partial charge in [-0.3, -0.25) is 14.4 Å². The van der Waals surface area contributed by atoms with Gasteiger partial charge in [0.15, 0.2) is 6.10 Å². The van der Waals surface area contributed by atoms with Crippen LogP contribution in [0.2, 0.25) is 0 Å². The number of allylic oxidation sites excluding steroid dienone is 30. The van der Waals surface area contributed by atoms with E-state index in [2.05, 4.69) is 203 Å². The molecule has 0 aromatic rings. The fourth-order valence-corrected chi connectivity index (χ4v) is 8.29. The van der Waals surface area contributed by atoms with E-state index in [0.29, 0.717) is 12.8 Å². The molecule has 0 N–H and O–H groups in total. The summed E-state index contributed by atoms with van der Waals surface area (Å²) in [6.07, 6.45) is 102. The Bertz CT molecular complexity index is 1920. The maximum atomic E-state index is 12.9. The fraction of sp³-hybridized carbons (Fsp3) is 0.566. The van der Waals surface area contributed by atoms with Crippen LogP contribution in [-0.4, -0.2) is 37.2 Å². The molecule has 0 aliphatic carbocycles. The molecule has 0 saturated carbocycles. The summed E-state index contributed by atoms with van der Waals surface area (Å²) in [6, 6.07) is 0. The van der Waals surface area contributed by atoms with Crippen molar-refractivity contribution in [2.75, 3.05) is 13.2 Å². The van der Waals surface area contributed by atoms with Crippen LogP contribution < -0.4 is 0 Å². The van der Waals surface area contributed by atoms with Gasteiger partial charge in [-0.15, -0.1) is 0 Å². The molecular weight excluding hydrogens is 1010 g/mol. The topological polar surface area (TPSA) is 78.9 Å². The first-order valence-corrected chi connectivity index (χ1v) is 32.8. The van der Waals surface area contributed by atoms with Crippen LogP contribution in [-0.2, 0) is 28.6 Å². The van der Waals surface area contributed by atoms with Crippen LogP contribution in [0.1, 0.15) is 258 Å². The van der Waals surface area contributed by atoms with Gasteiger partial charge in [0.25, 0.3) is 0 Å². The molecule has 0 aromatic carbocycles. The summed E-state index contributed by atoms with van der Waals surface area (Å²) >= 11 is 0. The van der Waals surface area contributed by atoms with Gasteiger partial charge < -0.3 is 14.2 Å². The van der Waals surface area contributed by atoms with Gasteiger partial charge in [0.05, 0.1) is 0 Å². The predicted octanol–water partition coefficient (Wildman–Crippen LogP) is 22.8. The third-order valence-corrected chi connectivity index (χ3v) is 13.1. The third kappa shape index (κ3) is 65.3. The average Bonchev–Trinajstić information content (AvgIpc) is 3.47. The molecule has 1 unspecified atom stereocenters. The van der Waals surface area contributed by atoms with E-state index in [1.807, 2.05) is 0 Å². The maximum absolute atomic E-state index is 12.9. The highest BCUT2D eigenvalue weighted by atomic mass is 16.6. The zero-order valence-electron chi connectivity index (χ0n) is 52.4. The first-order chi connectivity index (χ1) is 40.5. The van der Waals surface area contributed by atoms with Gasteiger partial charge in [-0.1, -0.05) is 267 Å². The van der Waals surface area contributed by atoms with E-state index < -0.39 is 6.10 Å². The number of esters is 3. The fourth-order valence-electron chi connectivity index (χ4n) is 8.29. The molecule has 0 fully saturated rings. The second-order valence-corrected chi connectivity index (χ2v) is 20.9. The van der Waals surface area contributed by atoms with Crippen LogP contribution in [0.3, 0.4) is 0 Å². The van der Waals surface area contributed by atoms with Gasteiger partial charge >= 0.3 is 17.9 Å². The lowest BCUT2D eigenvalue weighted by Crippen LogP contribution is -2.30. The zero-order chi connectivity index (χ0) is 59.2. The normalized spacial score (nSPS) is 13.4. The van der Waals surface area contributed by atoms with Gasteiger partial charge in [-0.05, 0) is 154 Å². The van der Waals surface area contributed by atoms with Gasteiger partial charge in [-0.2, -0.15) is 0 Å². The summed E-state index contributed by atoms with van der Waals surface area (Å²) in [5, 5.41) is 0. The number of carbonyl (C=O) groups is 3. The lowest BCUT2D eigenvalue weighted by molar-refractivity contribution is -0.167. The van der Waals surface area contributed by atoms with E-state index in [1.165, 1.54) is 57.8 Å². The molecule has 6 heteroatoms. The van der Waals surface area contributed by atoms with Crippen molar-refractivity contribution in [1.29, 1.82) is 0 Å². The van der Waals surface area contributed by atoms with Crippen molar-refractivity contribution in [3.8, 4) is 0 Å². The van der Waals surface area contributed by atoms with E-state index in [1.54, 1.807) is 0 Å². The molecule has 0 heterocycles. The highest BCUT2D eigenvalue weighted by Crippen LogP contribution is 2.13. The molecule has 6 nitrogen and oxygen atoms in total. The van der Waals surface area contributed by atoms with Crippen molar-refractivity contribution in [2.45, 2.75) is 264 Å².